The Balaban J connectivity index is 2.31. The van der Waals surface area contributed by atoms with Crippen LogP contribution in [0.25, 0.3) is 0 Å². The number of hydrogen-bond acceptors (Lipinski definition) is 0. The van der Waals surface area contributed by atoms with Gasteiger partial charge in [-0.25, -0.2) is 4.39 Å². The molecule has 0 radical (unpaired) electrons. The number of allylic oxidation sites excluding steroid dienone is 2. The van der Waals surface area contributed by atoms with E-state index < -0.39 is 0 Å². The molecule has 0 saturated heterocycles. The smallest absolute Gasteiger partial charge is 0.123 e. The number of hydrogen-bond donors (Lipinski definition) is 0. The lowest BCUT2D eigenvalue weighted by atomic mass is 9.69. The van der Waals surface area contributed by atoms with E-state index in [0.717, 1.165) is 6.42 Å². The average Bonchev–Trinajstić information content (AvgIpc) is 2.38. The van der Waals surface area contributed by atoms with Crippen LogP contribution in [0.5, 0.6) is 0 Å². The Morgan fingerprint density at radius 2 is 1.76 bits per heavy atom. The van der Waals surface area contributed by atoms with Crippen LogP contribution in [0.1, 0.15) is 51.0 Å². The largest absolute Gasteiger partial charge is 0.207 e. The Labute approximate surface area is 104 Å². The number of benzene rings is 1. The van der Waals surface area contributed by atoms with Gasteiger partial charge in [-0.05, 0) is 37.0 Å². The minimum absolute atomic E-state index is 0.140. The molecule has 1 fully saturated rings. The Bertz CT molecular complexity index is 369. The van der Waals surface area contributed by atoms with E-state index in [4.69, 9.17) is 0 Å². The molecule has 0 spiro atoms. The maximum atomic E-state index is 13.0. The topological polar surface area (TPSA) is 0 Å². The molecule has 1 aromatic rings. The van der Waals surface area contributed by atoms with Crippen molar-refractivity contribution >= 4 is 0 Å². The van der Waals surface area contributed by atoms with Gasteiger partial charge in [-0.1, -0.05) is 50.5 Å². The second kappa shape index (κ2) is 5.48. The third kappa shape index (κ3) is 2.77. The SMILES string of the molecule is CC/C=C/C1(c2ccc(F)cc2)CCCCC1. The summed E-state index contributed by atoms with van der Waals surface area (Å²) in [7, 11) is 0. The van der Waals surface area contributed by atoms with Crippen molar-refractivity contribution in [2.45, 2.75) is 50.9 Å². The maximum Gasteiger partial charge on any atom is 0.123 e. The van der Waals surface area contributed by atoms with Crippen molar-refractivity contribution in [3.8, 4) is 0 Å². The zero-order valence-electron chi connectivity index (χ0n) is 10.6. The van der Waals surface area contributed by atoms with Gasteiger partial charge in [-0.2, -0.15) is 0 Å². The summed E-state index contributed by atoms with van der Waals surface area (Å²) in [6, 6.07) is 7.10. The highest BCUT2D eigenvalue weighted by molar-refractivity contribution is 5.32. The highest BCUT2D eigenvalue weighted by atomic mass is 19.1. The van der Waals surface area contributed by atoms with E-state index in [1.807, 2.05) is 12.1 Å². The first-order valence-electron chi connectivity index (χ1n) is 6.70. The van der Waals surface area contributed by atoms with Crippen LogP contribution in [0.3, 0.4) is 0 Å². The molecule has 0 atom stereocenters. The van der Waals surface area contributed by atoms with E-state index in [1.54, 1.807) is 12.1 Å². The molecule has 17 heavy (non-hydrogen) atoms. The van der Waals surface area contributed by atoms with Crippen LogP contribution in [-0.2, 0) is 5.41 Å². The van der Waals surface area contributed by atoms with Crippen LogP contribution in [0.15, 0.2) is 36.4 Å². The molecule has 0 unspecified atom stereocenters. The zero-order chi connectivity index (χ0) is 12.1. The van der Waals surface area contributed by atoms with Crippen molar-refractivity contribution < 1.29 is 4.39 Å². The summed E-state index contributed by atoms with van der Waals surface area (Å²) in [5, 5.41) is 0. The molecule has 1 aliphatic carbocycles. The van der Waals surface area contributed by atoms with Crippen LogP contribution in [0, 0.1) is 5.82 Å². The molecular formula is C16H21F. The Hall–Kier alpha value is -1.11. The highest BCUT2D eigenvalue weighted by Gasteiger charge is 2.30. The standard InChI is InChI=1S/C16H21F/c1-2-3-11-16(12-5-4-6-13-16)14-7-9-15(17)10-8-14/h3,7-11H,2,4-6,12-13H2,1H3/b11-3+. The van der Waals surface area contributed by atoms with Crippen LogP contribution in [0.2, 0.25) is 0 Å². The molecule has 1 saturated carbocycles. The fourth-order valence-electron chi connectivity index (χ4n) is 2.86. The maximum absolute atomic E-state index is 13.0. The van der Waals surface area contributed by atoms with Gasteiger partial charge in [0.1, 0.15) is 5.82 Å². The first-order valence-corrected chi connectivity index (χ1v) is 6.70. The summed E-state index contributed by atoms with van der Waals surface area (Å²) in [6.07, 6.45) is 12.0. The van der Waals surface area contributed by atoms with Crippen LogP contribution in [0.4, 0.5) is 4.39 Å². The molecule has 1 aromatic carbocycles. The summed E-state index contributed by atoms with van der Waals surface area (Å²) in [6.45, 7) is 2.16. The van der Waals surface area contributed by atoms with Gasteiger partial charge < -0.3 is 0 Å². The predicted octanol–water partition coefficient (Wildman–Crippen LogP) is 4.99. The third-order valence-corrected chi connectivity index (χ3v) is 3.84. The van der Waals surface area contributed by atoms with Gasteiger partial charge in [0, 0.05) is 5.41 Å². The molecule has 0 N–H and O–H groups in total. The van der Waals surface area contributed by atoms with Gasteiger partial charge in [0.2, 0.25) is 0 Å². The summed E-state index contributed by atoms with van der Waals surface area (Å²) in [5.41, 5.74) is 1.45. The van der Waals surface area contributed by atoms with Gasteiger partial charge in [0.25, 0.3) is 0 Å². The average molecular weight is 232 g/mol. The molecule has 0 amide bonds. The minimum atomic E-state index is -0.140. The van der Waals surface area contributed by atoms with Crippen molar-refractivity contribution in [2.24, 2.45) is 0 Å². The lowest BCUT2D eigenvalue weighted by molar-refractivity contribution is 0.356. The lowest BCUT2D eigenvalue weighted by Crippen LogP contribution is -2.26. The van der Waals surface area contributed by atoms with Crippen LogP contribution in [-0.4, -0.2) is 0 Å². The molecule has 0 bridgehead atoms. The zero-order valence-corrected chi connectivity index (χ0v) is 10.6. The molecule has 1 heteroatoms. The molecular weight excluding hydrogens is 211 g/mol. The van der Waals surface area contributed by atoms with Crippen molar-refractivity contribution in [1.29, 1.82) is 0 Å². The van der Waals surface area contributed by atoms with E-state index in [9.17, 15) is 4.39 Å². The molecule has 0 aromatic heterocycles. The normalized spacial score (nSPS) is 19.6. The fourth-order valence-corrected chi connectivity index (χ4v) is 2.86. The van der Waals surface area contributed by atoms with Crippen molar-refractivity contribution in [1.82, 2.24) is 0 Å². The van der Waals surface area contributed by atoms with Gasteiger partial charge in [0.15, 0.2) is 0 Å². The molecule has 0 heterocycles. The van der Waals surface area contributed by atoms with Crippen LogP contribution >= 0.6 is 0 Å². The second-order valence-electron chi connectivity index (χ2n) is 5.03. The summed E-state index contributed by atoms with van der Waals surface area (Å²) >= 11 is 0. The van der Waals surface area contributed by atoms with Crippen molar-refractivity contribution in [3.63, 3.8) is 0 Å². The van der Waals surface area contributed by atoms with Gasteiger partial charge in [0.05, 0.1) is 0 Å². The lowest BCUT2D eigenvalue weighted by Gasteiger charge is -2.35. The Kier molecular flexibility index (Phi) is 3.98. The molecule has 1 aliphatic rings. The van der Waals surface area contributed by atoms with E-state index in [1.165, 1.54) is 37.7 Å². The summed E-state index contributed by atoms with van der Waals surface area (Å²) in [5.74, 6) is -0.140. The number of rotatable bonds is 3. The quantitative estimate of drug-likeness (QED) is 0.644. The van der Waals surface area contributed by atoms with Crippen molar-refractivity contribution in [3.05, 3.63) is 47.8 Å². The van der Waals surface area contributed by atoms with E-state index in [-0.39, 0.29) is 11.2 Å². The molecule has 92 valence electrons. The van der Waals surface area contributed by atoms with Gasteiger partial charge in [-0.15, -0.1) is 0 Å². The number of halogens is 1. The van der Waals surface area contributed by atoms with E-state index >= 15 is 0 Å². The van der Waals surface area contributed by atoms with E-state index in [0.29, 0.717) is 0 Å². The Morgan fingerprint density at radius 3 is 2.35 bits per heavy atom. The molecule has 2 rings (SSSR count). The van der Waals surface area contributed by atoms with E-state index in [2.05, 4.69) is 19.1 Å². The summed E-state index contributed by atoms with van der Waals surface area (Å²) < 4.78 is 13.0. The molecule has 0 nitrogen and oxygen atoms in total. The molecule has 0 aliphatic heterocycles. The van der Waals surface area contributed by atoms with Crippen LogP contribution < -0.4 is 0 Å². The summed E-state index contributed by atoms with van der Waals surface area (Å²) in [4.78, 5) is 0. The van der Waals surface area contributed by atoms with Crippen molar-refractivity contribution in [2.75, 3.05) is 0 Å². The second-order valence-corrected chi connectivity index (χ2v) is 5.03. The first-order chi connectivity index (χ1) is 8.27. The predicted molar refractivity (Wildman–Crippen MR) is 70.6 cm³/mol. The van der Waals surface area contributed by atoms with Gasteiger partial charge in [-0.3, -0.25) is 0 Å². The fraction of sp³-hybridized carbons (Fsp3) is 0.500. The Morgan fingerprint density at radius 1 is 1.12 bits per heavy atom. The first kappa shape index (κ1) is 12.3. The minimum Gasteiger partial charge on any atom is -0.207 e. The van der Waals surface area contributed by atoms with Gasteiger partial charge >= 0.3 is 0 Å². The monoisotopic (exact) mass is 232 g/mol. The third-order valence-electron chi connectivity index (χ3n) is 3.84. The highest BCUT2D eigenvalue weighted by Crippen LogP contribution is 2.40.